The topological polar surface area (TPSA) is 86.1 Å². The third-order valence-corrected chi connectivity index (χ3v) is 11.1. The van der Waals surface area contributed by atoms with Crippen LogP contribution in [0, 0.1) is 4.78 Å². The van der Waals surface area contributed by atoms with Crippen LogP contribution < -0.4 is 4.90 Å². The van der Waals surface area contributed by atoms with Gasteiger partial charge in [-0.1, -0.05) is 10.6 Å². The number of fused-ring (bicyclic) bond motifs is 1. The van der Waals surface area contributed by atoms with Crippen molar-refractivity contribution in [2.75, 3.05) is 31.1 Å². The van der Waals surface area contributed by atoms with Gasteiger partial charge in [0.25, 0.3) is 0 Å². The van der Waals surface area contributed by atoms with Gasteiger partial charge >= 0.3 is 0 Å². The fourth-order valence-corrected chi connectivity index (χ4v) is 6.25. The van der Waals surface area contributed by atoms with Crippen molar-refractivity contribution in [3.05, 3.63) is 41.7 Å². The zero-order chi connectivity index (χ0) is 19.7. The summed E-state index contributed by atoms with van der Waals surface area (Å²) >= 11 is 0.721. The van der Waals surface area contributed by atoms with E-state index < -0.39 is 26.2 Å². The molecule has 0 amide bonds. The van der Waals surface area contributed by atoms with Crippen LogP contribution in [0.3, 0.4) is 0 Å². The van der Waals surface area contributed by atoms with Crippen LogP contribution in [0.2, 0.25) is 0 Å². The summed E-state index contributed by atoms with van der Waals surface area (Å²) in [4.78, 5) is 18.1. The Morgan fingerprint density at radius 2 is 1.93 bits per heavy atom. The van der Waals surface area contributed by atoms with Crippen LogP contribution in [-0.4, -0.2) is 54.8 Å². The van der Waals surface area contributed by atoms with E-state index in [-0.39, 0.29) is 0 Å². The van der Waals surface area contributed by atoms with E-state index in [2.05, 4.69) is 54.4 Å². The lowest BCUT2D eigenvalue weighted by Gasteiger charge is -2.38. The predicted octanol–water partition coefficient (Wildman–Crippen LogP) is 3.69. The number of hydrogen-bond donors (Lipinski definition) is 1. The highest BCUT2D eigenvalue weighted by molar-refractivity contribution is 14.2. The van der Waals surface area contributed by atoms with Crippen molar-refractivity contribution >= 4 is 58.3 Å². The van der Waals surface area contributed by atoms with Crippen molar-refractivity contribution in [2.45, 2.75) is 17.9 Å². The first-order valence-electron chi connectivity index (χ1n) is 8.81. The predicted molar refractivity (Wildman–Crippen MR) is 124 cm³/mol. The third-order valence-electron chi connectivity index (χ3n) is 5.05. The largest absolute Gasteiger partial charge is 0.338 e. The lowest BCUT2D eigenvalue weighted by molar-refractivity contribution is 0.198. The van der Waals surface area contributed by atoms with Gasteiger partial charge in [0.05, 0.1) is 33.0 Å². The van der Waals surface area contributed by atoms with Gasteiger partial charge in [0.15, 0.2) is 0 Å². The van der Waals surface area contributed by atoms with E-state index in [0.29, 0.717) is 16.9 Å². The van der Waals surface area contributed by atoms with E-state index >= 15 is 0 Å². The molecule has 1 aliphatic heterocycles. The first kappa shape index (κ1) is 19.8. The Morgan fingerprint density at radius 1 is 1.21 bits per heavy atom. The van der Waals surface area contributed by atoms with Gasteiger partial charge in [-0.05, 0) is 44.0 Å². The van der Waals surface area contributed by atoms with Crippen LogP contribution in [0.5, 0.6) is 0 Å². The molecule has 3 aromatic rings. The number of piperazine rings is 1. The molecule has 10 heteroatoms. The maximum Gasteiger partial charge on any atom is 0.225 e. The zero-order valence-electron chi connectivity index (χ0n) is 15.4. The van der Waals surface area contributed by atoms with Gasteiger partial charge in [-0.3, -0.25) is 4.90 Å². The minimum atomic E-state index is -2.77. The maximum atomic E-state index is 12.1. The number of aromatic nitrogens is 3. The SMILES string of the molecule is C=IS(=N)(=O)c1cnc(N2CCN(C(C)c3ccc4scnc4c3)CC2)nc1. The first-order valence-corrected chi connectivity index (χ1v) is 15.3. The fourth-order valence-electron chi connectivity index (χ4n) is 3.33. The molecular weight excluding hydrogens is 507 g/mol. The van der Waals surface area contributed by atoms with Crippen LogP contribution in [-0.2, 0) is 6.90 Å². The number of rotatable bonds is 5. The molecule has 148 valence electrons. The number of hydrogen-bond acceptors (Lipinski definition) is 8. The van der Waals surface area contributed by atoms with Crippen molar-refractivity contribution in [2.24, 2.45) is 0 Å². The van der Waals surface area contributed by atoms with E-state index in [4.69, 9.17) is 4.78 Å². The van der Waals surface area contributed by atoms with E-state index in [1.165, 1.54) is 22.7 Å². The highest BCUT2D eigenvalue weighted by atomic mass is 127. The molecule has 0 spiro atoms. The molecule has 0 saturated carbocycles. The lowest BCUT2D eigenvalue weighted by atomic mass is 10.1. The smallest absolute Gasteiger partial charge is 0.225 e. The Bertz CT molecular complexity index is 1090. The Kier molecular flexibility index (Phi) is 5.72. The third kappa shape index (κ3) is 3.95. The maximum absolute atomic E-state index is 12.1. The highest BCUT2D eigenvalue weighted by Gasteiger charge is 2.24. The number of halogens is 1. The minimum Gasteiger partial charge on any atom is -0.338 e. The number of thiazole rings is 1. The van der Waals surface area contributed by atoms with Crippen LogP contribution in [0.15, 0.2) is 41.0 Å². The molecule has 3 heterocycles. The van der Waals surface area contributed by atoms with Gasteiger partial charge < -0.3 is 4.90 Å². The molecule has 4 rings (SSSR count). The summed E-state index contributed by atoms with van der Waals surface area (Å²) in [5.41, 5.74) is 4.24. The summed E-state index contributed by atoms with van der Waals surface area (Å²) < 4.78 is 24.8. The molecule has 2 unspecified atom stereocenters. The first-order chi connectivity index (χ1) is 13.5. The molecule has 2 aromatic heterocycles. The van der Waals surface area contributed by atoms with Gasteiger partial charge in [0, 0.05) is 32.2 Å². The van der Waals surface area contributed by atoms with Gasteiger partial charge in [0.1, 0.15) is 6.90 Å². The van der Waals surface area contributed by atoms with Gasteiger partial charge in [-0.15, -0.1) is 11.3 Å². The summed E-state index contributed by atoms with van der Waals surface area (Å²) in [6, 6.07) is 6.87. The molecule has 1 fully saturated rings. The standard InChI is InChI=1S/C18H21IN6OS2/c1-13(14-3-4-17-16(9-14)23-12-27-17)24-5-7-25(8-6-24)18-21-10-15(11-22-18)28(20,26)19-2/h3-4,9-13,20H,2,5-8H2,1H3. The van der Waals surface area contributed by atoms with Crippen molar-refractivity contribution in [1.29, 1.82) is 4.78 Å². The lowest BCUT2D eigenvalue weighted by Crippen LogP contribution is -2.47. The molecule has 28 heavy (non-hydrogen) atoms. The average Bonchev–Trinajstić information content (AvgIpc) is 3.21. The van der Waals surface area contributed by atoms with Crippen molar-refractivity contribution < 1.29 is 4.21 Å². The molecular formula is C18H21IN6OS2. The van der Waals surface area contributed by atoms with Crippen LogP contribution in [0.4, 0.5) is 5.95 Å². The highest BCUT2D eigenvalue weighted by Crippen LogP contribution is 2.27. The number of benzene rings is 1. The van der Waals surface area contributed by atoms with Crippen molar-refractivity contribution in [3.8, 4) is 0 Å². The Hall–Kier alpha value is -1.50. The van der Waals surface area contributed by atoms with Crippen molar-refractivity contribution in [3.63, 3.8) is 0 Å². The van der Waals surface area contributed by atoms with E-state index in [1.54, 1.807) is 11.3 Å². The Balaban J connectivity index is 1.42. The van der Waals surface area contributed by atoms with Crippen LogP contribution in [0.1, 0.15) is 18.5 Å². The van der Waals surface area contributed by atoms with E-state index in [0.717, 1.165) is 31.7 Å². The molecule has 0 bridgehead atoms. The second-order valence-electron chi connectivity index (χ2n) is 6.59. The molecule has 2 atom stereocenters. The van der Waals surface area contributed by atoms with Gasteiger partial charge in [0.2, 0.25) is 5.95 Å². The Morgan fingerprint density at radius 3 is 2.61 bits per heavy atom. The molecule has 1 aromatic carbocycles. The molecule has 0 aliphatic carbocycles. The monoisotopic (exact) mass is 528 g/mol. The van der Waals surface area contributed by atoms with E-state index in [9.17, 15) is 4.21 Å². The molecule has 1 N–H and O–H groups in total. The average molecular weight is 528 g/mol. The number of nitrogens with zero attached hydrogens (tertiary/aromatic N) is 5. The molecule has 1 aliphatic rings. The van der Waals surface area contributed by atoms with E-state index in [1.807, 2.05) is 5.51 Å². The summed E-state index contributed by atoms with van der Waals surface area (Å²) in [6.07, 6.45) is 3.06. The quantitative estimate of drug-likeness (QED) is 0.402. The van der Waals surface area contributed by atoms with Gasteiger partial charge in [-0.2, -0.15) is 0 Å². The normalized spacial score (nSPS) is 18.8. The van der Waals surface area contributed by atoms with Crippen LogP contribution >= 0.6 is 30.7 Å². The number of anilines is 1. The number of nitrogens with one attached hydrogen (secondary N) is 1. The summed E-state index contributed by atoms with van der Waals surface area (Å²) in [5.74, 6) is 0.636. The second-order valence-corrected chi connectivity index (χ2v) is 14.7. The molecule has 0 radical (unpaired) electrons. The van der Waals surface area contributed by atoms with Gasteiger partial charge in [-0.25, -0.2) is 23.9 Å². The zero-order valence-corrected chi connectivity index (χ0v) is 19.2. The second kappa shape index (κ2) is 8.09. The molecule has 7 nitrogen and oxygen atoms in total. The summed E-state index contributed by atoms with van der Waals surface area (Å²) in [5, 5.41) is 0. The van der Waals surface area contributed by atoms with Crippen molar-refractivity contribution in [1.82, 2.24) is 19.9 Å². The fraction of sp³-hybridized carbons (Fsp3) is 0.333. The molecule has 1 saturated heterocycles. The summed E-state index contributed by atoms with van der Waals surface area (Å²) in [6.45, 7) is 2.98. The Labute approximate surface area is 177 Å². The summed E-state index contributed by atoms with van der Waals surface area (Å²) in [7, 11) is 0. The van der Waals surface area contributed by atoms with Crippen LogP contribution in [0.25, 0.3) is 10.2 Å². The minimum absolute atomic E-state index is 0.325.